The number of aromatic nitrogens is 2. The lowest BCUT2D eigenvalue weighted by molar-refractivity contribution is 0.288. The molecule has 5 heteroatoms. The van der Waals surface area contributed by atoms with Crippen molar-refractivity contribution in [3.63, 3.8) is 0 Å². The van der Waals surface area contributed by atoms with Gasteiger partial charge in [0.2, 0.25) is 0 Å². The van der Waals surface area contributed by atoms with E-state index in [0.717, 1.165) is 5.56 Å². The van der Waals surface area contributed by atoms with Gasteiger partial charge >= 0.3 is 0 Å². The van der Waals surface area contributed by atoms with Gasteiger partial charge in [-0.15, -0.1) is 0 Å². The first-order chi connectivity index (χ1) is 9.24. The predicted octanol–water partition coefficient (Wildman–Crippen LogP) is 2.23. The Morgan fingerprint density at radius 1 is 1.11 bits per heavy atom. The van der Waals surface area contributed by atoms with Gasteiger partial charge in [0.25, 0.3) is 5.56 Å². The van der Waals surface area contributed by atoms with Crippen molar-refractivity contribution in [3.8, 4) is 22.8 Å². The molecule has 0 saturated heterocycles. The number of rotatable bonds is 5. The lowest BCUT2D eigenvalue weighted by Crippen LogP contribution is -2.06. The van der Waals surface area contributed by atoms with Crippen molar-refractivity contribution in [2.45, 2.75) is 13.8 Å². The summed E-state index contributed by atoms with van der Waals surface area (Å²) >= 11 is 0. The number of nitrogens with one attached hydrogen (secondary N) is 1. The fourth-order valence-corrected chi connectivity index (χ4v) is 1.74. The molecule has 1 heterocycles. The van der Waals surface area contributed by atoms with Crippen molar-refractivity contribution in [1.29, 1.82) is 0 Å². The summed E-state index contributed by atoms with van der Waals surface area (Å²) in [6.45, 7) is 4.95. The zero-order valence-corrected chi connectivity index (χ0v) is 11.0. The van der Waals surface area contributed by atoms with Crippen LogP contribution in [-0.4, -0.2) is 23.2 Å². The number of aromatic amines is 1. The van der Waals surface area contributed by atoms with E-state index in [0.29, 0.717) is 30.4 Å². The summed E-state index contributed by atoms with van der Waals surface area (Å²) in [6.07, 6.45) is 2.84. The molecule has 0 bridgehead atoms. The van der Waals surface area contributed by atoms with E-state index in [2.05, 4.69) is 9.97 Å². The topological polar surface area (TPSA) is 64.2 Å². The Labute approximate surface area is 111 Å². The minimum atomic E-state index is -0.232. The number of benzene rings is 1. The minimum absolute atomic E-state index is 0.232. The zero-order chi connectivity index (χ0) is 13.7. The summed E-state index contributed by atoms with van der Waals surface area (Å²) in [4.78, 5) is 17.9. The molecule has 5 nitrogen and oxygen atoms in total. The second-order valence-corrected chi connectivity index (χ2v) is 3.84. The van der Waals surface area contributed by atoms with Crippen molar-refractivity contribution in [1.82, 2.24) is 9.97 Å². The highest BCUT2D eigenvalue weighted by molar-refractivity contribution is 5.63. The number of hydrogen-bond donors (Lipinski definition) is 1. The molecular weight excluding hydrogens is 244 g/mol. The highest BCUT2D eigenvalue weighted by Crippen LogP contribution is 2.31. The number of H-pyrrole nitrogens is 1. The van der Waals surface area contributed by atoms with Gasteiger partial charge in [-0.2, -0.15) is 0 Å². The smallest absolute Gasteiger partial charge is 0.266 e. The van der Waals surface area contributed by atoms with Crippen LogP contribution in [0.4, 0.5) is 0 Å². The van der Waals surface area contributed by atoms with Crippen molar-refractivity contribution < 1.29 is 9.47 Å². The molecule has 0 spiro atoms. The lowest BCUT2D eigenvalue weighted by Gasteiger charge is -2.12. The molecule has 1 aromatic heterocycles. The van der Waals surface area contributed by atoms with E-state index in [4.69, 9.17) is 9.47 Å². The monoisotopic (exact) mass is 260 g/mol. The van der Waals surface area contributed by atoms with Gasteiger partial charge in [0, 0.05) is 5.56 Å². The Morgan fingerprint density at radius 2 is 1.84 bits per heavy atom. The Kier molecular flexibility index (Phi) is 4.18. The summed E-state index contributed by atoms with van der Waals surface area (Å²) in [7, 11) is 0. The molecule has 0 aliphatic rings. The summed E-state index contributed by atoms with van der Waals surface area (Å²) in [5, 5.41) is 0. The third-order valence-corrected chi connectivity index (χ3v) is 2.51. The first kappa shape index (κ1) is 13.1. The molecule has 2 aromatic rings. The average molecular weight is 260 g/mol. The summed E-state index contributed by atoms with van der Waals surface area (Å²) in [6, 6.07) is 5.52. The van der Waals surface area contributed by atoms with Crippen LogP contribution in [0.25, 0.3) is 11.3 Å². The number of nitrogens with zero attached hydrogens (tertiary/aromatic N) is 1. The highest BCUT2D eigenvalue weighted by atomic mass is 16.5. The number of hydrogen-bond acceptors (Lipinski definition) is 4. The van der Waals surface area contributed by atoms with Crippen LogP contribution in [-0.2, 0) is 0 Å². The largest absolute Gasteiger partial charge is 0.490 e. The minimum Gasteiger partial charge on any atom is -0.490 e. The molecule has 0 unspecified atom stereocenters. The molecule has 1 N–H and O–H groups in total. The van der Waals surface area contributed by atoms with Crippen molar-refractivity contribution in [2.24, 2.45) is 0 Å². The molecule has 0 radical (unpaired) electrons. The second kappa shape index (κ2) is 6.04. The third kappa shape index (κ3) is 3.13. The molecule has 2 rings (SSSR count). The van der Waals surface area contributed by atoms with Gasteiger partial charge in [-0.1, -0.05) is 0 Å². The van der Waals surface area contributed by atoms with E-state index in [1.165, 1.54) is 6.20 Å². The van der Waals surface area contributed by atoms with Crippen molar-refractivity contribution >= 4 is 0 Å². The molecular formula is C14H16N2O3. The van der Waals surface area contributed by atoms with Crippen LogP contribution in [0.5, 0.6) is 11.5 Å². The highest BCUT2D eigenvalue weighted by Gasteiger charge is 2.08. The maximum atomic E-state index is 11.3. The van der Waals surface area contributed by atoms with Crippen LogP contribution >= 0.6 is 0 Å². The van der Waals surface area contributed by atoms with Gasteiger partial charge in [-0.05, 0) is 32.0 Å². The quantitative estimate of drug-likeness (QED) is 0.895. The first-order valence-electron chi connectivity index (χ1n) is 6.19. The van der Waals surface area contributed by atoms with Crippen molar-refractivity contribution in [3.05, 3.63) is 40.9 Å². The fraction of sp³-hybridized carbons (Fsp3) is 0.286. The van der Waals surface area contributed by atoms with Gasteiger partial charge < -0.3 is 14.5 Å². The van der Waals surface area contributed by atoms with Gasteiger partial charge in [0.05, 0.1) is 31.3 Å². The Morgan fingerprint density at radius 3 is 2.53 bits per heavy atom. The van der Waals surface area contributed by atoms with E-state index in [9.17, 15) is 4.79 Å². The second-order valence-electron chi connectivity index (χ2n) is 3.84. The van der Waals surface area contributed by atoms with Crippen LogP contribution in [0.2, 0.25) is 0 Å². The van der Waals surface area contributed by atoms with Crippen LogP contribution in [0, 0.1) is 0 Å². The molecule has 1 aromatic carbocycles. The maximum absolute atomic E-state index is 11.3. The van der Waals surface area contributed by atoms with E-state index < -0.39 is 0 Å². The van der Waals surface area contributed by atoms with E-state index >= 15 is 0 Å². The van der Waals surface area contributed by atoms with E-state index in [1.54, 1.807) is 6.20 Å². The molecule has 19 heavy (non-hydrogen) atoms. The Balaban J connectivity index is 2.42. The zero-order valence-electron chi connectivity index (χ0n) is 11.0. The molecule has 0 fully saturated rings. The standard InChI is InChI=1S/C14H16N2O3/c1-3-18-12-6-5-10(7-13(12)19-4-2)11-8-15-9-14(17)16-11/h5-9H,3-4H2,1-2H3,(H,16,17). The van der Waals surface area contributed by atoms with Crippen LogP contribution < -0.4 is 15.0 Å². The van der Waals surface area contributed by atoms with Crippen LogP contribution in [0.3, 0.4) is 0 Å². The third-order valence-electron chi connectivity index (χ3n) is 2.51. The van der Waals surface area contributed by atoms with Gasteiger partial charge in [0.1, 0.15) is 0 Å². The van der Waals surface area contributed by atoms with Gasteiger partial charge in [-0.3, -0.25) is 9.78 Å². The summed E-state index contributed by atoms with van der Waals surface area (Å²) in [5.41, 5.74) is 1.25. The SMILES string of the molecule is CCOc1ccc(-c2cncc(=O)[nH]2)cc1OCC. The Hall–Kier alpha value is -2.30. The number of ether oxygens (including phenoxy) is 2. The van der Waals surface area contributed by atoms with Crippen molar-refractivity contribution in [2.75, 3.05) is 13.2 Å². The lowest BCUT2D eigenvalue weighted by atomic mass is 10.1. The van der Waals surface area contributed by atoms with Crippen LogP contribution in [0.1, 0.15) is 13.8 Å². The van der Waals surface area contributed by atoms with E-state index in [1.807, 2.05) is 32.0 Å². The molecule has 0 amide bonds. The fourth-order valence-electron chi connectivity index (χ4n) is 1.74. The van der Waals surface area contributed by atoms with E-state index in [-0.39, 0.29) is 5.56 Å². The molecule has 0 aliphatic carbocycles. The first-order valence-corrected chi connectivity index (χ1v) is 6.19. The molecule has 0 aliphatic heterocycles. The maximum Gasteiger partial charge on any atom is 0.266 e. The normalized spacial score (nSPS) is 10.2. The summed E-state index contributed by atoms with van der Waals surface area (Å²) < 4.78 is 11.0. The van der Waals surface area contributed by atoms with Crippen LogP contribution in [0.15, 0.2) is 35.4 Å². The van der Waals surface area contributed by atoms with Gasteiger partial charge in [-0.25, -0.2) is 0 Å². The van der Waals surface area contributed by atoms with Gasteiger partial charge in [0.15, 0.2) is 11.5 Å². The molecule has 0 saturated carbocycles. The molecule has 100 valence electrons. The predicted molar refractivity (Wildman–Crippen MR) is 72.6 cm³/mol. The summed E-state index contributed by atoms with van der Waals surface area (Å²) in [5.74, 6) is 1.35. The average Bonchev–Trinajstić information content (AvgIpc) is 2.41. The Bertz CT molecular complexity index is 608. The molecule has 0 atom stereocenters.